The van der Waals surface area contributed by atoms with Crippen molar-refractivity contribution in [2.75, 3.05) is 25.6 Å². The molecular formula is C22H24N4OS. The quantitative estimate of drug-likeness (QED) is 0.607. The molecule has 0 unspecified atom stereocenters. The molecule has 144 valence electrons. The lowest BCUT2D eigenvalue weighted by molar-refractivity contribution is 0.266. The van der Waals surface area contributed by atoms with Gasteiger partial charge in [-0.05, 0) is 29.8 Å². The fourth-order valence-corrected chi connectivity index (χ4v) is 3.93. The van der Waals surface area contributed by atoms with Crippen molar-refractivity contribution in [1.29, 1.82) is 0 Å². The number of anilines is 1. The zero-order valence-electron chi connectivity index (χ0n) is 16.0. The number of likely N-dealkylation sites (tertiary alicyclic amines) is 1. The van der Waals surface area contributed by atoms with Crippen LogP contribution in [0.4, 0.5) is 5.13 Å². The Kier molecular flexibility index (Phi) is 5.99. The Bertz CT molecular complexity index is 911. The van der Waals surface area contributed by atoms with Crippen LogP contribution in [0.2, 0.25) is 0 Å². The standard InChI is InChI=1S/C22H24N4OS/c1-27-20-9-7-18(8-10-20)21-16-28-22(23-21)25-24-19-11-13-26(14-12-19)15-17-5-3-2-4-6-17/h2-10,16H,11-15H2,1H3,(H,23,25). The summed E-state index contributed by atoms with van der Waals surface area (Å²) in [5.41, 5.74) is 7.76. The van der Waals surface area contributed by atoms with Gasteiger partial charge in [0, 0.05) is 49.1 Å². The smallest absolute Gasteiger partial charge is 0.203 e. The number of rotatable bonds is 6. The van der Waals surface area contributed by atoms with Gasteiger partial charge < -0.3 is 4.74 Å². The number of hydrogen-bond donors (Lipinski definition) is 1. The number of ether oxygens (including phenoxy) is 1. The van der Waals surface area contributed by atoms with Gasteiger partial charge in [0.25, 0.3) is 0 Å². The van der Waals surface area contributed by atoms with Gasteiger partial charge in [-0.1, -0.05) is 30.3 Å². The highest BCUT2D eigenvalue weighted by atomic mass is 32.1. The Morgan fingerprint density at radius 3 is 2.54 bits per heavy atom. The van der Waals surface area contributed by atoms with Crippen LogP contribution in [-0.2, 0) is 6.54 Å². The molecule has 0 saturated carbocycles. The molecule has 0 radical (unpaired) electrons. The fourth-order valence-electron chi connectivity index (χ4n) is 3.27. The highest BCUT2D eigenvalue weighted by Crippen LogP contribution is 2.26. The molecule has 2 heterocycles. The molecule has 0 amide bonds. The van der Waals surface area contributed by atoms with E-state index in [9.17, 15) is 0 Å². The number of hydrogen-bond acceptors (Lipinski definition) is 6. The molecule has 1 fully saturated rings. The van der Waals surface area contributed by atoms with Crippen LogP contribution in [0.3, 0.4) is 0 Å². The average Bonchev–Trinajstić information content (AvgIpc) is 3.23. The van der Waals surface area contributed by atoms with Gasteiger partial charge in [-0.2, -0.15) is 5.10 Å². The van der Waals surface area contributed by atoms with Gasteiger partial charge in [0.1, 0.15) is 5.75 Å². The highest BCUT2D eigenvalue weighted by Gasteiger charge is 2.15. The third-order valence-corrected chi connectivity index (χ3v) is 5.63. The predicted molar refractivity (Wildman–Crippen MR) is 116 cm³/mol. The van der Waals surface area contributed by atoms with Crippen molar-refractivity contribution in [3.8, 4) is 17.0 Å². The Labute approximate surface area is 169 Å². The lowest BCUT2D eigenvalue weighted by Gasteiger charge is -2.27. The second-order valence-electron chi connectivity index (χ2n) is 6.82. The number of piperidine rings is 1. The number of thiazole rings is 1. The first-order valence-electron chi connectivity index (χ1n) is 9.48. The molecule has 2 aromatic carbocycles. The van der Waals surface area contributed by atoms with E-state index < -0.39 is 0 Å². The summed E-state index contributed by atoms with van der Waals surface area (Å²) in [6, 6.07) is 18.6. The third kappa shape index (κ3) is 4.77. The average molecular weight is 393 g/mol. The van der Waals surface area contributed by atoms with E-state index in [0.29, 0.717) is 0 Å². The van der Waals surface area contributed by atoms with Crippen LogP contribution < -0.4 is 10.2 Å². The van der Waals surface area contributed by atoms with E-state index in [4.69, 9.17) is 4.74 Å². The van der Waals surface area contributed by atoms with Crippen molar-refractivity contribution >= 4 is 22.2 Å². The van der Waals surface area contributed by atoms with E-state index in [0.717, 1.165) is 54.6 Å². The molecule has 1 aliphatic rings. The molecule has 28 heavy (non-hydrogen) atoms. The number of nitrogens with zero attached hydrogens (tertiary/aromatic N) is 3. The lowest BCUT2D eigenvalue weighted by Crippen LogP contribution is -2.33. The maximum atomic E-state index is 5.21. The summed E-state index contributed by atoms with van der Waals surface area (Å²) in [4.78, 5) is 7.13. The van der Waals surface area contributed by atoms with Crippen LogP contribution in [0.25, 0.3) is 11.3 Å². The molecule has 5 nitrogen and oxygen atoms in total. The largest absolute Gasteiger partial charge is 0.497 e. The minimum absolute atomic E-state index is 0.824. The van der Waals surface area contributed by atoms with Crippen LogP contribution in [0.1, 0.15) is 18.4 Å². The van der Waals surface area contributed by atoms with E-state index in [-0.39, 0.29) is 0 Å². The van der Waals surface area contributed by atoms with E-state index in [1.54, 1.807) is 18.4 Å². The van der Waals surface area contributed by atoms with Crippen LogP contribution in [0.15, 0.2) is 65.1 Å². The molecule has 0 bridgehead atoms. The highest BCUT2D eigenvalue weighted by molar-refractivity contribution is 7.14. The number of aromatic nitrogens is 1. The van der Waals surface area contributed by atoms with Crippen molar-refractivity contribution in [3.63, 3.8) is 0 Å². The maximum absolute atomic E-state index is 5.21. The van der Waals surface area contributed by atoms with Crippen molar-refractivity contribution in [1.82, 2.24) is 9.88 Å². The fraction of sp³-hybridized carbons (Fsp3) is 0.273. The Balaban J connectivity index is 1.30. The molecule has 1 aliphatic heterocycles. The summed E-state index contributed by atoms with van der Waals surface area (Å²) < 4.78 is 5.21. The normalized spacial score (nSPS) is 14.7. The number of methoxy groups -OCH3 is 1. The minimum Gasteiger partial charge on any atom is -0.497 e. The first-order valence-corrected chi connectivity index (χ1v) is 10.4. The predicted octanol–water partition coefficient (Wildman–Crippen LogP) is 4.88. The summed E-state index contributed by atoms with van der Waals surface area (Å²) >= 11 is 1.57. The van der Waals surface area contributed by atoms with Crippen molar-refractivity contribution < 1.29 is 4.74 Å². The van der Waals surface area contributed by atoms with Gasteiger partial charge >= 0.3 is 0 Å². The van der Waals surface area contributed by atoms with Gasteiger partial charge in [-0.15, -0.1) is 11.3 Å². The molecule has 0 atom stereocenters. The van der Waals surface area contributed by atoms with Crippen molar-refractivity contribution in [3.05, 3.63) is 65.5 Å². The number of hydrazone groups is 1. The van der Waals surface area contributed by atoms with E-state index in [1.807, 2.05) is 29.6 Å². The maximum Gasteiger partial charge on any atom is 0.203 e. The Morgan fingerprint density at radius 1 is 1.07 bits per heavy atom. The molecule has 0 aliphatic carbocycles. The SMILES string of the molecule is COc1ccc(-c2csc(NN=C3CCN(Cc4ccccc4)CC3)n2)cc1. The van der Waals surface area contributed by atoms with E-state index in [2.05, 4.69) is 50.7 Å². The molecular weight excluding hydrogens is 368 g/mol. The second kappa shape index (κ2) is 8.99. The first-order chi connectivity index (χ1) is 13.8. The van der Waals surface area contributed by atoms with Crippen LogP contribution in [0, 0.1) is 0 Å². The topological polar surface area (TPSA) is 49.8 Å². The first kappa shape index (κ1) is 18.7. The second-order valence-corrected chi connectivity index (χ2v) is 7.68. The number of nitrogens with one attached hydrogen (secondary N) is 1. The molecule has 1 saturated heterocycles. The van der Waals surface area contributed by atoms with Crippen LogP contribution in [-0.4, -0.2) is 35.8 Å². The van der Waals surface area contributed by atoms with Crippen molar-refractivity contribution in [2.24, 2.45) is 5.10 Å². The van der Waals surface area contributed by atoms with E-state index >= 15 is 0 Å². The van der Waals surface area contributed by atoms with Gasteiger partial charge in [-0.25, -0.2) is 4.98 Å². The lowest BCUT2D eigenvalue weighted by atomic mass is 10.1. The summed E-state index contributed by atoms with van der Waals surface area (Å²) in [6.07, 6.45) is 1.99. The van der Waals surface area contributed by atoms with E-state index in [1.165, 1.54) is 11.3 Å². The molecule has 0 spiro atoms. The summed E-state index contributed by atoms with van der Waals surface area (Å²) in [5.74, 6) is 0.849. The molecule has 1 aromatic heterocycles. The minimum atomic E-state index is 0.824. The molecule has 4 rings (SSSR count). The van der Waals surface area contributed by atoms with Gasteiger partial charge in [0.05, 0.1) is 12.8 Å². The molecule has 6 heteroatoms. The van der Waals surface area contributed by atoms with Gasteiger partial charge in [0.2, 0.25) is 5.13 Å². The summed E-state index contributed by atoms with van der Waals surface area (Å²) in [7, 11) is 1.67. The van der Waals surface area contributed by atoms with Crippen LogP contribution in [0.5, 0.6) is 5.75 Å². The number of benzene rings is 2. The van der Waals surface area contributed by atoms with Gasteiger partial charge in [0.15, 0.2) is 0 Å². The Morgan fingerprint density at radius 2 is 1.82 bits per heavy atom. The van der Waals surface area contributed by atoms with Crippen molar-refractivity contribution in [2.45, 2.75) is 19.4 Å². The third-order valence-electron chi connectivity index (χ3n) is 4.88. The zero-order valence-corrected chi connectivity index (χ0v) is 16.8. The molecule has 1 N–H and O–H groups in total. The van der Waals surface area contributed by atoms with Crippen LogP contribution >= 0.6 is 11.3 Å². The van der Waals surface area contributed by atoms with Gasteiger partial charge in [-0.3, -0.25) is 10.3 Å². The molecule has 3 aromatic rings. The zero-order chi connectivity index (χ0) is 19.2. The summed E-state index contributed by atoms with van der Waals surface area (Å²) in [5, 5.41) is 7.47. The monoisotopic (exact) mass is 392 g/mol. The Hall–Kier alpha value is -2.70. The summed E-state index contributed by atoms with van der Waals surface area (Å²) in [6.45, 7) is 3.11.